The van der Waals surface area contributed by atoms with Gasteiger partial charge in [0.2, 0.25) is 12.7 Å². The SMILES string of the molecule is O=C(CSc1ncc(CO)n1Cc1ccc(F)cc1)Nc1ccc2c(c1)OCO2. The molecule has 0 radical (unpaired) electrons. The molecule has 1 amide bonds. The highest BCUT2D eigenvalue weighted by Crippen LogP contribution is 2.34. The standard InChI is InChI=1S/C20H18FN3O4S/c21-14-3-1-13(2-4-14)9-24-16(10-25)8-22-20(24)29-11-19(26)23-15-5-6-17-18(7-15)28-12-27-17/h1-8,25H,9-12H2,(H,23,26). The molecule has 1 aromatic heterocycles. The zero-order valence-corrected chi connectivity index (χ0v) is 16.1. The summed E-state index contributed by atoms with van der Waals surface area (Å²) in [5.41, 5.74) is 2.10. The van der Waals surface area contributed by atoms with E-state index < -0.39 is 0 Å². The van der Waals surface area contributed by atoms with Crippen LogP contribution in [0.4, 0.5) is 10.1 Å². The van der Waals surface area contributed by atoms with Crippen LogP contribution in [0.15, 0.2) is 53.8 Å². The average Bonchev–Trinajstić information content (AvgIpc) is 3.34. The number of ether oxygens (including phenoxy) is 2. The highest BCUT2D eigenvalue weighted by Gasteiger charge is 2.16. The molecule has 1 aliphatic heterocycles. The molecular weight excluding hydrogens is 397 g/mol. The number of aliphatic hydroxyl groups excluding tert-OH is 1. The van der Waals surface area contributed by atoms with Crippen molar-refractivity contribution in [3.8, 4) is 11.5 Å². The van der Waals surface area contributed by atoms with E-state index in [1.54, 1.807) is 36.5 Å². The maximum Gasteiger partial charge on any atom is 0.234 e. The zero-order chi connectivity index (χ0) is 20.2. The molecule has 0 atom stereocenters. The van der Waals surface area contributed by atoms with Gasteiger partial charge in [-0.15, -0.1) is 0 Å². The Balaban J connectivity index is 1.40. The Morgan fingerprint density at radius 3 is 2.79 bits per heavy atom. The molecule has 0 fully saturated rings. The summed E-state index contributed by atoms with van der Waals surface area (Å²) in [6.45, 7) is 0.410. The van der Waals surface area contributed by atoms with Gasteiger partial charge in [-0.2, -0.15) is 0 Å². The van der Waals surface area contributed by atoms with Crippen molar-refractivity contribution in [3.63, 3.8) is 0 Å². The number of nitrogens with one attached hydrogen (secondary N) is 1. The van der Waals surface area contributed by atoms with Gasteiger partial charge in [0.25, 0.3) is 0 Å². The largest absolute Gasteiger partial charge is 0.454 e. The summed E-state index contributed by atoms with van der Waals surface area (Å²) in [5.74, 6) is 0.877. The quantitative estimate of drug-likeness (QED) is 0.577. The van der Waals surface area contributed by atoms with Crippen LogP contribution in [-0.4, -0.2) is 33.1 Å². The van der Waals surface area contributed by atoms with Gasteiger partial charge in [0.1, 0.15) is 5.82 Å². The minimum atomic E-state index is -0.309. The number of imidazole rings is 1. The second-order valence-electron chi connectivity index (χ2n) is 6.31. The van der Waals surface area contributed by atoms with Gasteiger partial charge < -0.3 is 24.5 Å². The van der Waals surface area contributed by atoms with Crippen molar-refractivity contribution in [1.82, 2.24) is 9.55 Å². The molecule has 150 valence electrons. The first-order valence-corrected chi connectivity index (χ1v) is 9.83. The lowest BCUT2D eigenvalue weighted by Crippen LogP contribution is -2.15. The van der Waals surface area contributed by atoms with Gasteiger partial charge in [0, 0.05) is 18.3 Å². The number of carbonyl (C=O) groups is 1. The Hall–Kier alpha value is -3.04. The van der Waals surface area contributed by atoms with Crippen molar-refractivity contribution in [2.75, 3.05) is 17.9 Å². The predicted molar refractivity (Wildman–Crippen MR) is 106 cm³/mol. The molecule has 1 aliphatic rings. The molecule has 4 rings (SSSR count). The topological polar surface area (TPSA) is 85.6 Å². The van der Waals surface area contributed by atoms with Crippen LogP contribution in [-0.2, 0) is 17.9 Å². The van der Waals surface area contributed by atoms with E-state index >= 15 is 0 Å². The number of amides is 1. The fourth-order valence-electron chi connectivity index (χ4n) is 2.88. The molecule has 0 bridgehead atoms. The molecule has 7 nitrogen and oxygen atoms in total. The number of aromatic nitrogens is 2. The van der Waals surface area contributed by atoms with Gasteiger partial charge in [0.05, 0.1) is 24.3 Å². The van der Waals surface area contributed by atoms with E-state index in [4.69, 9.17) is 9.47 Å². The lowest BCUT2D eigenvalue weighted by Gasteiger charge is -2.11. The lowest BCUT2D eigenvalue weighted by molar-refractivity contribution is -0.113. The van der Waals surface area contributed by atoms with E-state index in [1.807, 2.05) is 4.57 Å². The third-order valence-electron chi connectivity index (χ3n) is 4.31. The summed E-state index contributed by atoms with van der Waals surface area (Å²) in [7, 11) is 0. The maximum absolute atomic E-state index is 13.1. The van der Waals surface area contributed by atoms with Gasteiger partial charge in [-0.3, -0.25) is 4.79 Å². The minimum absolute atomic E-state index is 0.139. The number of halogens is 1. The summed E-state index contributed by atoms with van der Waals surface area (Å²) >= 11 is 1.26. The van der Waals surface area contributed by atoms with Crippen LogP contribution in [0.25, 0.3) is 0 Å². The first-order valence-electron chi connectivity index (χ1n) is 8.84. The average molecular weight is 415 g/mol. The third kappa shape index (κ3) is 4.52. The van der Waals surface area contributed by atoms with Crippen molar-refractivity contribution in [3.05, 3.63) is 65.7 Å². The van der Waals surface area contributed by atoms with Crippen molar-refractivity contribution >= 4 is 23.4 Å². The molecule has 2 heterocycles. The monoisotopic (exact) mass is 415 g/mol. The number of aliphatic hydroxyl groups is 1. The van der Waals surface area contributed by atoms with Gasteiger partial charge in [0.15, 0.2) is 16.7 Å². The van der Waals surface area contributed by atoms with E-state index in [9.17, 15) is 14.3 Å². The summed E-state index contributed by atoms with van der Waals surface area (Å²) in [4.78, 5) is 16.6. The lowest BCUT2D eigenvalue weighted by atomic mass is 10.2. The Kier molecular flexibility index (Phi) is 5.68. The summed E-state index contributed by atoms with van der Waals surface area (Å²) < 4.78 is 25.5. The molecule has 2 aromatic carbocycles. The molecule has 0 unspecified atom stereocenters. The van der Waals surface area contributed by atoms with E-state index in [0.717, 1.165) is 5.56 Å². The van der Waals surface area contributed by atoms with Crippen LogP contribution < -0.4 is 14.8 Å². The highest BCUT2D eigenvalue weighted by molar-refractivity contribution is 7.99. The zero-order valence-electron chi connectivity index (χ0n) is 15.3. The minimum Gasteiger partial charge on any atom is -0.454 e. The summed E-state index contributed by atoms with van der Waals surface area (Å²) in [6, 6.07) is 11.3. The molecule has 0 saturated carbocycles. The molecule has 9 heteroatoms. The number of hydrogen-bond acceptors (Lipinski definition) is 6. The predicted octanol–water partition coefficient (Wildman–Crippen LogP) is 3.02. The summed E-state index contributed by atoms with van der Waals surface area (Å²) in [5, 5.41) is 13.0. The number of fused-ring (bicyclic) bond motifs is 1. The molecule has 0 saturated heterocycles. The van der Waals surface area contributed by atoms with Crippen molar-refractivity contribution in [2.24, 2.45) is 0 Å². The fourth-order valence-corrected chi connectivity index (χ4v) is 3.67. The maximum atomic E-state index is 13.1. The fraction of sp³-hybridized carbons (Fsp3) is 0.200. The van der Waals surface area contributed by atoms with E-state index in [2.05, 4.69) is 10.3 Å². The number of hydrogen-bond donors (Lipinski definition) is 2. The van der Waals surface area contributed by atoms with Crippen LogP contribution in [0.2, 0.25) is 0 Å². The van der Waals surface area contributed by atoms with Crippen molar-refractivity contribution in [1.29, 1.82) is 0 Å². The van der Waals surface area contributed by atoms with Gasteiger partial charge >= 0.3 is 0 Å². The van der Waals surface area contributed by atoms with Crippen LogP contribution >= 0.6 is 11.8 Å². The molecule has 0 aliphatic carbocycles. The summed E-state index contributed by atoms with van der Waals surface area (Å²) in [6.07, 6.45) is 1.57. The van der Waals surface area contributed by atoms with E-state index in [1.165, 1.54) is 23.9 Å². The second-order valence-corrected chi connectivity index (χ2v) is 7.25. The molecule has 2 N–H and O–H groups in total. The van der Waals surface area contributed by atoms with Crippen LogP contribution in [0.3, 0.4) is 0 Å². The number of carbonyl (C=O) groups excluding carboxylic acids is 1. The van der Waals surface area contributed by atoms with Crippen molar-refractivity contribution < 1.29 is 23.8 Å². The van der Waals surface area contributed by atoms with E-state index in [0.29, 0.717) is 34.6 Å². The number of rotatable bonds is 7. The molecular formula is C20H18FN3O4S. The Bertz CT molecular complexity index is 1020. The Labute approximate surface area is 170 Å². The number of anilines is 1. The van der Waals surface area contributed by atoms with E-state index in [-0.39, 0.29) is 30.9 Å². The smallest absolute Gasteiger partial charge is 0.234 e. The normalized spacial score (nSPS) is 12.2. The van der Waals surface area contributed by atoms with Crippen LogP contribution in [0.1, 0.15) is 11.3 Å². The van der Waals surface area contributed by atoms with Crippen LogP contribution in [0.5, 0.6) is 11.5 Å². The van der Waals surface area contributed by atoms with Gasteiger partial charge in [-0.25, -0.2) is 9.37 Å². The number of thioether (sulfide) groups is 1. The first-order chi connectivity index (χ1) is 14.1. The van der Waals surface area contributed by atoms with Crippen LogP contribution in [0, 0.1) is 5.82 Å². The second kappa shape index (κ2) is 8.54. The Morgan fingerprint density at radius 1 is 1.21 bits per heavy atom. The van der Waals surface area contributed by atoms with Gasteiger partial charge in [-0.1, -0.05) is 23.9 Å². The first kappa shape index (κ1) is 19.3. The number of benzene rings is 2. The Morgan fingerprint density at radius 2 is 2.00 bits per heavy atom. The van der Waals surface area contributed by atoms with Gasteiger partial charge in [-0.05, 0) is 29.8 Å². The third-order valence-corrected chi connectivity index (χ3v) is 5.30. The van der Waals surface area contributed by atoms with Crippen molar-refractivity contribution in [2.45, 2.75) is 18.3 Å². The molecule has 29 heavy (non-hydrogen) atoms. The number of nitrogens with zero attached hydrogens (tertiary/aromatic N) is 2. The highest BCUT2D eigenvalue weighted by atomic mass is 32.2. The molecule has 0 spiro atoms. The molecule has 3 aromatic rings.